The fourth-order valence-electron chi connectivity index (χ4n) is 1.41. The molecule has 0 unspecified atom stereocenters. The molecule has 0 aliphatic heterocycles. The Hall–Kier alpha value is -0.380. The minimum absolute atomic E-state index is 0.299. The first-order valence-electron chi connectivity index (χ1n) is 5.39. The second kappa shape index (κ2) is 7.85. The van der Waals surface area contributed by atoms with Gasteiger partial charge in [-0.05, 0) is 50.0 Å². The molecule has 0 atom stereocenters. The Labute approximate surface area is 99.8 Å². The van der Waals surface area contributed by atoms with Crippen molar-refractivity contribution >= 4 is 15.9 Å². The third kappa shape index (κ3) is 5.92. The Bertz CT molecular complexity index is 278. The van der Waals surface area contributed by atoms with Crippen LogP contribution in [0.4, 0.5) is 0 Å². The van der Waals surface area contributed by atoms with Crippen LogP contribution >= 0.6 is 15.9 Å². The average molecular weight is 272 g/mol. The van der Waals surface area contributed by atoms with E-state index in [-0.39, 0.29) is 0 Å². The van der Waals surface area contributed by atoms with Gasteiger partial charge >= 0.3 is 0 Å². The van der Waals surface area contributed by atoms with E-state index in [9.17, 15) is 0 Å². The Morgan fingerprint density at radius 3 is 2.80 bits per heavy atom. The van der Waals surface area contributed by atoms with Crippen molar-refractivity contribution in [2.24, 2.45) is 0 Å². The van der Waals surface area contributed by atoms with Crippen molar-refractivity contribution in [2.45, 2.75) is 19.3 Å². The van der Waals surface area contributed by atoms with Crippen molar-refractivity contribution in [1.82, 2.24) is 5.32 Å². The van der Waals surface area contributed by atoms with Gasteiger partial charge in [0.15, 0.2) is 0 Å². The third-order valence-electron chi connectivity index (χ3n) is 2.24. The molecule has 0 bridgehead atoms. The highest BCUT2D eigenvalue weighted by Gasteiger charge is 1.93. The second-order valence-electron chi connectivity index (χ2n) is 3.56. The molecule has 84 valence electrons. The smallest absolute Gasteiger partial charge is 0.0431 e. The van der Waals surface area contributed by atoms with Crippen molar-refractivity contribution in [1.29, 1.82) is 0 Å². The lowest BCUT2D eigenvalue weighted by Crippen LogP contribution is -2.18. The topological polar surface area (TPSA) is 32.3 Å². The van der Waals surface area contributed by atoms with E-state index in [1.165, 1.54) is 5.56 Å². The summed E-state index contributed by atoms with van der Waals surface area (Å²) in [5.74, 6) is 0. The molecular weight excluding hydrogens is 254 g/mol. The lowest BCUT2D eigenvalue weighted by molar-refractivity contribution is 0.284. The minimum atomic E-state index is 0.299. The van der Waals surface area contributed by atoms with Gasteiger partial charge in [0.2, 0.25) is 0 Å². The van der Waals surface area contributed by atoms with Gasteiger partial charge in [0.05, 0.1) is 0 Å². The molecule has 0 aliphatic carbocycles. The predicted molar refractivity (Wildman–Crippen MR) is 67.0 cm³/mol. The van der Waals surface area contributed by atoms with Crippen LogP contribution < -0.4 is 5.32 Å². The summed E-state index contributed by atoms with van der Waals surface area (Å²) in [6.07, 6.45) is 3.00. The monoisotopic (exact) mass is 271 g/mol. The summed E-state index contributed by atoms with van der Waals surface area (Å²) in [7, 11) is 0. The molecule has 15 heavy (non-hydrogen) atoms. The number of halogens is 1. The molecule has 1 aromatic rings. The molecular formula is C12H18BrNO. The van der Waals surface area contributed by atoms with Crippen LogP contribution in [0.1, 0.15) is 18.4 Å². The summed E-state index contributed by atoms with van der Waals surface area (Å²) >= 11 is 3.46. The highest BCUT2D eigenvalue weighted by molar-refractivity contribution is 9.10. The fraction of sp³-hybridized carbons (Fsp3) is 0.500. The van der Waals surface area contributed by atoms with Crippen LogP contribution in [0.2, 0.25) is 0 Å². The van der Waals surface area contributed by atoms with Crippen molar-refractivity contribution in [3.63, 3.8) is 0 Å². The minimum Gasteiger partial charge on any atom is -0.396 e. The van der Waals surface area contributed by atoms with E-state index in [0.29, 0.717) is 6.61 Å². The lowest BCUT2D eigenvalue weighted by Gasteiger charge is -2.04. The van der Waals surface area contributed by atoms with Crippen LogP contribution in [-0.2, 0) is 6.42 Å². The number of hydrogen-bond donors (Lipinski definition) is 2. The van der Waals surface area contributed by atoms with Crippen molar-refractivity contribution in [3.05, 3.63) is 34.3 Å². The molecule has 0 saturated carbocycles. The Balaban J connectivity index is 2.10. The molecule has 2 nitrogen and oxygen atoms in total. The first-order chi connectivity index (χ1) is 7.33. The molecule has 0 amide bonds. The van der Waals surface area contributed by atoms with E-state index in [0.717, 1.165) is 36.8 Å². The van der Waals surface area contributed by atoms with E-state index in [4.69, 9.17) is 5.11 Å². The maximum absolute atomic E-state index is 8.60. The number of hydrogen-bond acceptors (Lipinski definition) is 2. The van der Waals surface area contributed by atoms with Gasteiger partial charge in [-0.15, -0.1) is 0 Å². The van der Waals surface area contributed by atoms with Gasteiger partial charge < -0.3 is 10.4 Å². The zero-order chi connectivity index (χ0) is 10.9. The van der Waals surface area contributed by atoms with Crippen LogP contribution in [0.25, 0.3) is 0 Å². The second-order valence-corrected chi connectivity index (χ2v) is 4.48. The Morgan fingerprint density at radius 1 is 1.20 bits per heavy atom. The van der Waals surface area contributed by atoms with E-state index in [1.54, 1.807) is 0 Å². The number of unbranched alkanes of at least 4 members (excludes halogenated alkanes) is 1. The van der Waals surface area contributed by atoms with Crippen molar-refractivity contribution in [2.75, 3.05) is 19.7 Å². The molecule has 3 heteroatoms. The molecule has 0 heterocycles. The predicted octanol–water partition coefficient (Wildman–Crippen LogP) is 2.35. The highest BCUT2D eigenvalue weighted by atomic mass is 79.9. The Morgan fingerprint density at radius 2 is 2.07 bits per heavy atom. The zero-order valence-electron chi connectivity index (χ0n) is 8.88. The number of nitrogens with one attached hydrogen (secondary N) is 1. The van der Waals surface area contributed by atoms with Crippen LogP contribution in [0.15, 0.2) is 28.7 Å². The Kier molecular flexibility index (Phi) is 6.64. The molecule has 1 aromatic carbocycles. The molecule has 0 spiro atoms. The quantitative estimate of drug-likeness (QED) is 0.747. The molecule has 0 radical (unpaired) electrons. The molecule has 1 rings (SSSR count). The van der Waals surface area contributed by atoms with E-state index in [2.05, 4.69) is 39.4 Å². The number of rotatable bonds is 7. The summed E-state index contributed by atoms with van der Waals surface area (Å²) < 4.78 is 1.14. The number of benzene rings is 1. The van der Waals surface area contributed by atoms with Crippen molar-refractivity contribution < 1.29 is 5.11 Å². The molecule has 0 aromatic heterocycles. The number of aliphatic hydroxyl groups excluding tert-OH is 1. The molecule has 0 saturated heterocycles. The van der Waals surface area contributed by atoms with Gasteiger partial charge in [0.1, 0.15) is 0 Å². The maximum atomic E-state index is 8.60. The SMILES string of the molecule is OCCCCNCCc1cccc(Br)c1. The normalized spacial score (nSPS) is 10.5. The summed E-state index contributed by atoms with van der Waals surface area (Å²) in [5, 5.41) is 12.0. The van der Waals surface area contributed by atoms with E-state index in [1.807, 2.05) is 6.07 Å². The average Bonchev–Trinajstić information content (AvgIpc) is 2.23. The van der Waals surface area contributed by atoms with Gasteiger partial charge in [-0.25, -0.2) is 0 Å². The van der Waals surface area contributed by atoms with Gasteiger partial charge in [-0.3, -0.25) is 0 Å². The molecule has 2 N–H and O–H groups in total. The third-order valence-corrected chi connectivity index (χ3v) is 2.73. The largest absolute Gasteiger partial charge is 0.396 e. The summed E-state index contributed by atoms with van der Waals surface area (Å²) in [6, 6.07) is 8.39. The van der Waals surface area contributed by atoms with Crippen molar-refractivity contribution in [3.8, 4) is 0 Å². The standard InChI is InChI=1S/C12H18BrNO/c13-12-5-3-4-11(10-12)6-8-14-7-1-2-9-15/h3-5,10,14-15H,1-2,6-9H2. The summed E-state index contributed by atoms with van der Waals surface area (Å²) in [6.45, 7) is 2.30. The van der Waals surface area contributed by atoms with Gasteiger partial charge in [0.25, 0.3) is 0 Å². The number of aliphatic hydroxyl groups is 1. The molecule has 0 aliphatic rings. The lowest BCUT2D eigenvalue weighted by atomic mass is 10.1. The van der Waals surface area contributed by atoms with Crippen LogP contribution in [0, 0.1) is 0 Å². The van der Waals surface area contributed by atoms with E-state index >= 15 is 0 Å². The summed E-state index contributed by atoms with van der Waals surface area (Å²) in [5.41, 5.74) is 1.35. The summed E-state index contributed by atoms with van der Waals surface area (Å²) in [4.78, 5) is 0. The van der Waals surface area contributed by atoms with Crippen LogP contribution in [0.3, 0.4) is 0 Å². The molecule has 0 fully saturated rings. The van der Waals surface area contributed by atoms with Crippen LogP contribution in [0.5, 0.6) is 0 Å². The van der Waals surface area contributed by atoms with Crippen LogP contribution in [-0.4, -0.2) is 24.8 Å². The maximum Gasteiger partial charge on any atom is 0.0431 e. The van der Waals surface area contributed by atoms with Gasteiger partial charge in [0, 0.05) is 11.1 Å². The first kappa shape index (κ1) is 12.7. The highest BCUT2D eigenvalue weighted by Crippen LogP contribution is 2.11. The van der Waals surface area contributed by atoms with E-state index < -0.39 is 0 Å². The fourth-order valence-corrected chi connectivity index (χ4v) is 1.86. The van der Waals surface area contributed by atoms with Gasteiger partial charge in [-0.1, -0.05) is 28.1 Å². The zero-order valence-corrected chi connectivity index (χ0v) is 10.5. The van der Waals surface area contributed by atoms with Gasteiger partial charge in [-0.2, -0.15) is 0 Å². The first-order valence-corrected chi connectivity index (χ1v) is 6.18.